The average molecular weight is 454 g/mol. The minimum atomic E-state index is -0.405. The van der Waals surface area contributed by atoms with Gasteiger partial charge in [-0.1, -0.05) is 0 Å². The van der Waals surface area contributed by atoms with Gasteiger partial charge in [-0.3, -0.25) is 10.1 Å². The predicted molar refractivity (Wildman–Crippen MR) is 82.2 cm³/mol. The van der Waals surface area contributed by atoms with Crippen molar-refractivity contribution in [3.63, 3.8) is 0 Å². The van der Waals surface area contributed by atoms with Gasteiger partial charge in [-0.05, 0) is 72.6 Å². The number of hydrogen-bond donors (Lipinski definition) is 0. The van der Waals surface area contributed by atoms with Gasteiger partial charge in [-0.25, -0.2) is 4.98 Å². The van der Waals surface area contributed by atoms with E-state index in [4.69, 9.17) is 0 Å². The Labute approximate surface area is 133 Å². The molecule has 5 nitrogen and oxygen atoms in total. The summed E-state index contributed by atoms with van der Waals surface area (Å²) in [6.45, 7) is 0.850. The number of benzene rings is 1. The van der Waals surface area contributed by atoms with Crippen molar-refractivity contribution in [2.24, 2.45) is 5.92 Å². The zero-order valence-corrected chi connectivity index (χ0v) is 14.3. The van der Waals surface area contributed by atoms with Crippen LogP contribution in [0.2, 0.25) is 0 Å². The number of nitro groups is 1. The normalized spacial score (nSPS) is 15.1. The van der Waals surface area contributed by atoms with E-state index in [1.54, 1.807) is 0 Å². The van der Waals surface area contributed by atoms with Crippen LogP contribution in [0.4, 0.5) is 5.69 Å². The number of imidazole rings is 1. The number of halogens is 3. The molecule has 0 amide bonds. The minimum Gasteiger partial charge on any atom is -0.318 e. The van der Waals surface area contributed by atoms with Crippen LogP contribution in [0.25, 0.3) is 11.0 Å². The zero-order chi connectivity index (χ0) is 13.7. The van der Waals surface area contributed by atoms with Crippen molar-refractivity contribution in [2.75, 3.05) is 0 Å². The Morgan fingerprint density at radius 1 is 1.42 bits per heavy atom. The van der Waals surface area contributed by atoms with Gasteiger partial charge in [0.15, 0.2) is 10.3 Å². The van der Waals surface area contributed by atoms with E-state index in [9.17, 15) is 10.1 Å². The SMILES string of the molecule is O=[N+]([O-])c1c(Br)c(Br)cc2c1nc(Br)n2CC1CC1. The molecule has 1 aromatic carbocycles. The van der Waals surface area contributed by atoms with E-state index in [0.717, 1.165) is 12.1 Å². The van der Waals surface area contributed by atoms with Crippen molar-refractivity contribution in [3.05, 3.63) is 29.9 Å². The maximum Gasteiger partial charge on any atom is 0.312 e. The molecule has 100 valence electrons. The molecule has 19 heavy (non-hydrogen) atoms. The Hall–Kier alpha value is -0.470. The van der Waals surface area contributed by atoms with Gasteiger partial charge in [-0.15, -0.1) is 0 Å². The summed E-state index contributed by atoms with van der Waals surface area (Å²) in [5, 5.41) is 11.2. The second kappa shape index (κ2) is 4.82. The number of nitro benzene ring substituents is 1. The highest BCUT2D eigenvalue weighted by Crippen LogP contribution is 2.41. The standard InChI is InChI=1S/C11H8Br3N3O2/c12-6-3-7-9(10(8(6)13)17(18)19)15-11(14)16(7)4-5-1-2-5/h3,5H,1-2,4H2. The molecule has 1 saturated carbocycles. The summed E-state index contributed by atoms with van der Waals surface area (Å²) in [6.07, 6.45) is 2.43. The molecular formula is C11H8Br3N3O2. The first-order chi connectivity index (χ1) is 8.99. The molecule has 0 N–H and O–H groups in total. The molecule has 1 aliphatic rings. The van der Waals surface area contributed by atoms with Crippen LogP contribution < -0.4 is 0 Å². The Balaban J connectivity index is 2.29. The lowest BCUT2D eigenvalue weighted by molar-refractivity contribution is -0.384. The van der Waals surface area contributed by atoms with Crippen molar-refractivity contribution >= 4 is 64.5 Å². The topological polar surface area (TPSA) is 61.0 Å². The van der Waals surface area contributed by atoms with Crippen LogP contribution >= 0.6 is 47.8 Å². The Morgan fingerprint density at radius 2 is 2.11 bits per heavy atom. The van der Waals surface area contributed by atoms with E-state index in [1.807, 2.05) is 10.6 Å². The van der Waals surface area contributed by atoms with E-state index < -0.39 is 4.92 Å². The minimum absolute atomic E-state index is 0.000350. The highest BCUT2D eigenvalue weighted by Gasteiger charge is 2.28. The third-order valence-corrected chi connectivity index (χ3v) is 5.75. The van der Waals surface area contributed by atoms with Gasteiger partial charge in [0, 0.05) is 11.0 Å². The molecule has 0 bridgehead atoms. The smallest absolute Gasteiger partial charge is 0.312 e. The van der Waals surface area contributed by atoms with Gasteiger partial charge < -0.3 is 4.57 Å². The molecule has 1 heterocycles. The number of nitrogens with zero attached hydrogens (tertiary/aromatic N) is 3. The fourth-order valence-electron chi connectivity index (χ4n) is 2.06. The van der Waals surface area contributed by atoms with Crippen LogP contribution in [0.3, 0.4) is 0 Å². The lowest BCUT2D eigenvalue weighted by Gasteiger charge is -2.05. The maximum atomic E-state index is 11.2. The third-order valence-electron chi connectivity index (χ3n) is 3.19. The third kappa shape index (κ3) is 2.34. The quantitative estimate of drug-likeness (QED) is 0.502. The van der Waals surface area contributed by atoms with E-state index in [1.165, 1.54) is 12.8 Å². The van der Waals surface area contributed by atoms with E-state index >= 15 is 0 Å². The van der Waals surface area contributed by atoms with Gasteiger partial charge >= 0.3 is 5.69 Å². The molecule has 2 aromatic rings. The Morgan fingerprint density at radius 3 is 2.68 bits per heavy atom. The average Bonchev–Trinajstić information content (AvgIpc) is 3.09. The molecule has 1 aromatic heterocycles. The zero-order valence-electron chi connectivity index (χ0n) is 9.57. The lowest BCUT2D eigenvalue weighted by atomic mass is 10.2. The number of fused-ring (bicyclic) bond motifs is 1. The summed E-state index contributed by atoms with van der Waals surface area (Å²) in [5.74, 6) is 0.662. The molecule has 0 atom stereocenters. The van der Waals surface area contributed by atoms with Gasteiger partial charge in [-0.2, -0.15) is 0 Å². The molecule has 0 unspecified atom stereocenters. The first-order valence-corrected chi connectivity index (χ1v) is 8.05. The van der Waals surface area contributed by atoms with Gasteiger partial charge in [0.05, 0.1) is 10.4 Å². The molecule has 0 aliphatic heterocycles. The second-order valence-corrected chi connectivity index (χ2v) is 6.94. The maximum absolute atomic E-state index is 11.2. The first kappa shape index (κ1) is 13.5. The monoisotopic (exact) mass is 451 g/mol. The number of hydrogen-bond acceptors (Lipinski definition) is 3. The highest BCUT2D eigenvalue weighted by molar-refractivity contribution is 9.13. The molecule has 0 spiro atoms. The van der Waals surface area contributed by atoms with Crippen LogP contribution in [-0.2, 0) is 6.54 Å². The lowest BCUT2D eigenvalue weighted by Crippen LogP contribution is -2.00. The summed E-state index contributed by atoms with van der Waals surface area (Å²) < 4.78 is 3.73. The van der Waals surface area contributed by atoms with Crippen molar-refractivity contribution in [2.45, 2.75) is 19.4 Å². The van der Waals surface area contributed by atoms with Crippen LogP contribution in [0.1, 0.15) is 12.8 Å². The largest absolute Gasteiger partial charge is 0.318 e. The molecule has 0 radical (unpaired) electrons. The summed E-state index contributed by atoms with van der Waals surface area (Å²) in [4.78, 5) is 15.1. The molecule has 1 fully saturated rings. The first-order valence-electron chi connectivity index (χ1n) is 5.67. The van der Waals surface area contributed by atoms with E-state index in [2.05, 4.69) is 52.8 Å². The molecule has 0 saturated heterocycles. The molecule has 8 heteroatoms. The van der Waals surface area contributed by atoms with Gasteiger partial charge in [0.25, 0.3) is 0 Å². The molecular weight excluding hydrogens is 446 g/mol. The molecule has 3 rings (SSSR count). The van der Waals surface area contributed by atoms with Gasteiger partial charge in [0.1, 0.15) is 4.47 Å². The number of aromatic nitrogens is 2. The number of rotatable bonds is 3. The van der Waals surface area contributed by atoms with E-state index in [0.29, 0.717) is 25.1 Å². The predicted octanol–water partition coefficient (Wildman–Crippen LogP) is 4.64. The Kier molecular flexibility index (Phi) is 3.43. The van der Waals surface area contributed by atoms with E-state index in [-0.39, 0.29) is 5.69 Å². The fraction of sp³-hybridized carbons (Fsp3) is 0.364. The Bertz CT molecular complexity index is 694. The summed E-state index contributed by atoms with van der Waals surface area (Å²) in [6, 6.07) is 1.87. The van der Waals surface area contributed by atoms with Crippen molar-refractivity contribution in [1.82, 2.24) is 9.55 Å². The summed E-state index contributed by atoms with van der Waals surface area (Å²) in [7, 11) is 0. The summed E-state index contributed by atoms with van der Waals surface area (Å²) in [5.41, 5.74) is 1.19. The van der Waals surface area contributed by atoms with Crippen molar-refractivity contribution in [3.8, 4) is 0 Å². The van der Waals surface area contributed by atoms with Gasteiger partial charge in [0.2, 0.25) is 0 Å². The van der Waals surface area contributed by atoms with Crippen LogP contribution in [0.15, 0.2) is 19.7 Å². The molecule has 1 aliphatic carbocycles. The second-order valence-electron chi connectivity index (χ2n) is 4.58. The highest BCUT2D eigenvalue weighted by atomic mass is 79.9. The van der Waals surface area contributed by atoms with Crippen molar-refractivity contribution in [1.29, 1.82) is 0 Å². The van der Waals surface area contributed by atoms with Crippen molar-refractivity contribution < 1.29 is 4.92 Å². The fourth-order valence-corrected chi connectivity index (χ4v) is 3.42. The summed E-state index contributed by atoms with van der Waals surface area (Å²) >= 11 is 10.00. The van der Waals surface area contributed by atoms with Crippen LogP contribution in [0.5, 0.6) is 0 Å². The van der Waals surface area contributed by atoms with Crippen LogP contribution in [0, 0.1) is 16.0 Å². The van der Waals surface area contributed by atoms with Crippen LogP contribution in [-0.4, -0.2) is 14.5 Å².